The number of carbonyl (C=O) groups excluding carboxylic acids is 3. The van der Waals surface area contributed by atoms with Crippen LogP contribution in [0.5, 0.6) is 0 Å². The second-order valence-corrected chi connectivity index (χ2v) is 11.3. The van der Waals surface area contributed by atoms with Crippen LogP contribution in [0.3, 0.4) is 0 Å². The Kier molecular flexibility index (Phi) is 12.7. The number of halogens is 1. The largest absolute Gasteiger partial charge is 0.462 e. The summed E-state index contributed by atoms with van der Waals surface area (Å²) < 4.78 is 47.1. The van der Waals surface area contributed by atoms with Gasteiger partial charge in [0.05, 0.1) is 29.7 Å². The van der Waals surface area contributed by atoms with E-state index < -0.39 is 30.7 Å². The third-order valence-corrected chi connectivity index (χ3v) is 6.82. The first-order chi connectivity index (χ1) is 21.1. The number of nitrogens with zero attached hydrogens (tertiary/aromatic N) is 1. The normalized spacial score (nSPS) is 17.9. The Morgan fingerprint density at radius 2 is 1.21 bits per heavy atom. The van der Waals surface area contributed by atoms with E-state index in [4.69, 9.17) is 19.7 Å². The van der Waals surface area contributed by atoms with Gasteiger partial charge in [-0.1, -0.05) is 36.4 Å². The molecule has 0 bridgehead atoms. The highest BCUT2D eigenvalue weighted by Gasteiger charge is 2.27. The lowest BCUT2D eigenvalue weighted by atomic mass is 9.94. The van der Waals surface area contributed by atoms with Crippen LogP contribution >= 0.6 is 12.4 Å². The fourth-order valence-corrected chi connectivity index (χ4v) is 4.45. The molecule has 0 aliphatic carbocycles. The average molecular weight is 607 g/mol. The van der Waals surface area contributed by atoms with Crippen molar-refractivity contribution >= 4 is 30.4 Å². The molecule has 2 heterocycles. The van der Waals surface area contributed by atoms with Gasteiger partial charge in [0.25, 0.3) is 0 Å². The summed E-state index contributed by atoms with van der Waals surface area (Å²) in [6.45, 7) is 4.40. The zero-order valence-electron chi connectivity index (χ0n) is 28.8. The second kappa shape index (κ2) is 18.4. The summed E-state index contributed by atoms with van der Waals surface area (Å²) in [7, 11) is 0. The number of likely N-dealkylation sites (tertiary alicyclic amines) is 1. The molecule has 0 unspecified atom stereocenters. The highest BCUT2D eigenvalue weighted by atomic mass is 35.5. The van der Waals surface area contributed by atoms with Crippen LogP contribution < -0.4 is 5.32 Å². The SMILES string of the molecule is Cl.[2H]C([2H])(CC1CCN(C(=O)OC(C)(C)C)CC1)OC(=O)c1ccccc1.[2H]C([2H])(CC1CCNCC1)OC(=O)c1ccccc1. The highest BCUT2D eigenvalue weighted by molar-refractivity contribution is 5.89. The van der Waals surface area contributed by atoms with Gasteiger partial charge in [0.1, 0.15) is 5.60 Å². The van der Waals surface area contributed by atoms with Crippen LogP contribution in [0.25, 0.3) is 0 Å². The van der Waals surface area contributed by atoms with Crippen molar-refractivity contribution in [3.63, 3.8) is 0 Å². The molecule has 0 radical (unpaired) electrons. The zero-order valence-corrected chi connectivity index (χ0v) is 25.6. The van der Waals surface area contributed by atoms with E-state index >= 15 is 0 Å². The first-order valence-corrected chi connectivity index (χ1v) is 14.4. The number of hydrogen-bond donors (Lipinski definition) is 1. The lowest BCUT2D eigenvalue weighted by Gasteiger charge is -2.33. The van der Waals surface area contributed by atoms with Crippen LogP contribution in [0.4, 0.5) is 4.79 Å². The Balaban J connectivity index is 0.000000328. The number of ether oxygens (including phenoxy) is 3. The van der Waals surface area contributed by atoms with Crippen molar-refractivity contribution in [1.29, 1.82) is 0 Å². The predicted molar refractivity (Wildman–Crippen MR) is 166 cm³/mol. The van der Waals surface area contributed by atoms with Gasteiger partial charge in [0.15, 0.2) is 0 Å². The Labute approximate surface area is 262 Å². The minimum Gasteiger partial charge on any atom is -0.462 e. The molecule has 232 valence electrons. The molecule has 2 saturated heterocycles. The smallest absolute Gasteiger partial charge is 0.410 e. The number of benzene rings is 2. The van der Waals surface area contributed by atoms with Gasteiger partial charge in [-0.2, -0.15) is 0 Å². The number of piperidine rings is 2. The van der Waals surface area contributed by atoms with Gasteiger partial charge in [-0.3, -0.25) is 0 Å². The minimum absolute atomic E-state index is 0. The maximum Gasteiger partial charge on any atom is 0.410 e. The quantitative estimate of drug-likeness (QED) is 0.269. The molecule has 2 aromatic carbocycles. The number of carbonyl (C=O) groups is 3. The van der Waals surface area contributed by atoms with Gasteiger partial charge in [0, 0.05) is 13.1 Å². The van der Waals surface area contributed by atoms with Crippen molar-refractivity contribution in [2.24, 2.45) is 11.8 Å². The molecule has 0 atom stereocenters. The van der Waals surface area contributed by atoms with Crippen molar-refractivity contribution < 1.29 is 34.1 Å². The molecular formula is C33H47ClN2O6. The van der Waals surface area contributed by atoms with E-state index in [1.54, 1.807) is 65.6 Å². The van der Waals surface area contributed by atoms with Gasteiger partial charge in [-0.25, -0.2) is 14.4 Å². The maximum atomic E-state index is 12.1. The van der Waals surface area contributed by atoms with Crippen LogP contribution in [-0.2, 0) is 14.2 Å². The first kappa shape index (κ1) is 29.0. The van der Waals surface area contributed by atoms with Crippen molar-refractivity contribution in [2.45, 2.75) is 64.9 Å². The number of nitrogens with one attached hydrogen (secondary N) is 1. The number of rotatable bonds is 8. The topological polar surface area (TPSA) is 94.2 Å². The van der Waals surface area contributed by atoms with E-state index in [0.29, 0.717) is 37.1 Å². The molecule has 0 spiro atoms. The molecular weight excluding hydrogens is 556 g/mol. The standard InChI is InChI=1S/C19H27NO4.C14H19NO2.ClH/c1-19(2,3)24-18(22)20-12-9-15(10-13-20)11-14-23-17(21)16-7-5-4-6-8-16;16-14(13-4-2-1-3-5-13)17-11-8-12-6-9-15-10-7-12;/h4-8,15H,9-14H2,1-3H3;1-5,12,15H,6-11H2;1H/i14D2;11D2;. The summed E-state index contributed by atoms with van der Waals surface area (Å²) >= 11 is 0. The summed E-state index contributed by atoms with van der Waals surface area (Å²) in [5.41, 5.74) is 0.185. The molecule has 2 aliphatic rings. The van der Waals surface area contributed by atoms with Crippen molar-refractivity contribution in [2.75, 3.05) is 39.3 Å². The van der Waals surface area contributed by atoms with E-state index in [9.17, 15) is 14.4 Å². The molecule has 8 nitrogen and oxygen atoms in total. The maximum absolute atomic E-state index is 12.1. The molecule has 1 N–H and O–H groups in total. The van der Waals surface area contributed by atoms with Gasteiger partial charge in [0.2, 0.25) is 0 Å². The monoisotopic (exact) mass is 606 g/mol. The molecule has 2 fully saturated rings. The zero-order chi connectivity index (χ0) is 33.1. The lowest BCUT2D eigenvalue weighted by Crippen LogP contribution is -2.41. The molecule has 1 amide bonds. The molecule has 9 heteroatoms. The predicted octanol–water partition coefficient (Wildman–Crippen LogP) is 6.54. The summed E-state index contributed by atoms with van der Waals surface area (Å²) in [6.07, 6.45) is 3.23. The van der Waals surface area contributed by atoms with Crippen LogP contribution in [0, 0.1) is 11.8 Å². The Morgan fingerprint density at radius 3 is 1.64 bits per heavy atom. The molecule has 0 saturated carbocycles. The number of esters is 2. The van der Waals surface area contributed by atoms with E-state index in [1.165, 1.54) is 0 Å². The van der Waals surface area contributed by atoms with Crippen molar-refractivity contribution in [1.82, 2.24) is 10.2 Å². The second-order valence-electron chi connectivity index (χ2n) is 11.3. The molecule has 2 aromatic rings. The van der Waals surface area contributed by atoms with Crippen LogP contribution in [0.15, 0.2) is 60.7 Å². The fourth-order valence-electron chi connectivity index (χ4n) is 4.45. The van der Waals surface area contributed by atoms with Crippen LogP contribution in [0.2, 0.25) is 0 Å². The third-order valence-electron chi connectivity index (χ3n) is 6.82. The Hall–Kier alpha value is -3.10. The van der Waals surface area contributed by atoms with E-state index in [0.717, 1.165) is 25.9 Å². The summed E-state index contributed by atoms with van der Waals surface area (Å²) in [6, 6.07) is 16.9. The molecule has 42 heavy (non-hydrogen) atoms. The number of amides is 1. The van der Waals surface area contributed by atoms with Gasteiger partial charge >= 0.3 is 18.0 Å². The van der Waals surface area contributed by atoms with E-state index in [2.05, 4.69) is 5.32 Å². The summed E-state index contributed by atoms with van der Waals surface area (Å²) in [4.78, 5) is 37.6. The van der Waals surface area contributed by atoms with E-state index in [1.807, 2.05) is 20.8 Å². The average Bonchev–Trinajstić information content (AvgIpc) is 2.97. The third kappa shape index (κ3) is 13.3. The molecule has 0 aromatic heterocycles. The molecule has 2 aliphatic heterocycles. The van der Waals surface area contributed by atoms with Crippen LogP contribution in [0.1, 0.15) is 85.5 Å². The fraction of sp³-hybridized carbons (Fsp3) is 0.545. The van der Waals surface area contributed by atoms with E-state index in [-0.39, 0.29) is 43.2 Å². The van der Waals surface area contributed by atoms with Gasteiger partial charge in [-0.15, -0.1) is 12.4 Å². The summed E-state index contributed by atoms with van der Waals surface area (Å²) in [5, 5.41) is 3.24. The number of hydrogen-bond acceptors (Lipinski definition) is 7. The van der Waals surface area contributed by atoms with Crippen LogP contribution in [-0.4, -0.2) is 67.8 Å². The molecule has 4 rings (SSSR count). The Morgan fingerprint density at radius 1 is 0.786 bits per heavy atom. The van der Waals surface area contributed by atoms with Gasteiger partial charge in [-0.05, 0) is 108 Å². The highest BCUT2D eigenvalue weighted by Crippen LogP contribution is 2.22. The summed E-state index contributed by atoms with van der Waals surface area (Å²) in [5.74, 6) is -0.937. The lowest BCUT2D eigenvalue weighted by molar-refractivity contribution is 0.0169. The Bertz CT molecular complexity index is 1230. The van der Waals surface area contributed by atoms with Crippen molar-refractivity contribution in [3.05, 3.63) is 71.8 Å². The van der Waals surface area contributed by atoms with Gasteiger partial charge < -0.3 is 24.4 Å². The van der Waals surface area contributed by atoms with Crippen molar-refractivity contribution in [3.8, 4) is 0 Å². The first-order valence-electron chi connectivity index (χ1n) is 16.4. The minimum atomic E-state index is -2.04.